The van der Waals surface area contributed by atoms with Crippen LogP contribution in [-0.4, -0.2) is 26.2 Å². The molecule has 1 atom stereocenters. The highest BCUT2D eigenvalue weighted by Gasteiger charge is 2.25. The van der Waals surface area contributed by atoms with Gasteiger partial charge in [-0.2, -0.15) is 5.26 Å². The van der Waals surface area contributed by atoms with Crippen molar-refractivity contribution in [3.8, 4) is 6.07 Å². The number of aliphatic hydroxyl groups is 1. The number of aliphatic hydroxyl groups excluding tert-OH is 1. The molecule has 5 nitrogen and oxygen atoms in total. The lowest BCUT2D eigenvalue weighted by Crippen LogP contribution is -2.39. The van der Waals surface area contributed by atoms with Crippen LogP contribution in [0.4, 0.5) is 4.39 Å². The molecular formula is C13H17FN2O3S. The van der Waals surface area contributed by atoms with E-state index in [-0.39, 0.29) is 23.8 Å². The molecule has 0 heterocycles. The molecule has 7 heteroatoms. The second-order valence-electron chi connectivity index (χ2n) is 4.71. The topological polar surface area (TPSA) is 90.2 Å². The van der Waals surface area contributed by atoms with Gasteiger partial charge in [-0.05, 0) is 24.5 Å². The van der Waals surface area contributed by atoms with E-state index in [1.54, 1.807) is 19.9 Å². The van der Waals surface area contributed by atoms with Gasteiger partial charge >= 0.3 is 0 Å². The molecule has 0 fully saturated rings. The van der Waals surface area contributed by atoms with E-state index in [4.69, 9.17) is 10.4 Å². The van der Waals surface area contributed by atoms with Gasteiger partial charge in [-0.15, -0.1) is 0 Å². The van der Waals surface area contributed by atoms with Crippen molar-refractivity contribution in [3.05, 3.63) is 29.6 Å². The van der Waals surface area contributed by atoms with Crippen molar-refractivity contribution in [2.24, 2.45) is 5.92 Å². The zero-order chi connectivity index (χ0) is 15.3. The molecule has 0 aromatic heterocycles. The zero-order valence-corrected chi connectivity index (χ0v) is 12.1. The minimum absolute atomic E-state index is 0.0454. The predicted octanol–water partition coefficient (Wildman–Crippen LogP) is 1.38. The summed E-state index contributed by atoms with van der Waals surface area (Å²) in [6.07, 6.45) is 0.244. The summed E-state index contributed by atoms with van der Waals surface area (Å²) in [5, 5.41) is 17.8. The number of rotatable bonds is 6. The lowest BCUT2D eigenvalue weighted by atomic mass is 10.0. The molecule has 1 aromatic carbocycles. The Kier molecular flexibility index (Phi) is 5.62. The molecule has 0 spiro atoms. The lowest BCUT2D eigenvalue weighted by Gasteiger charge is -2.21. The number of hydrogen-bond acceptors (Lipinski definition) is 4. The van der Waals surface area contributed by atoms with E-state index < -0.39 is 27.4 Å². The maximum absolute atomic E-state index is 13.5. The first-order valence-electron chi connectivity index (χ1n) is 6.15. The summed E-state index contributed by atoms with van der Waals surface area (Å²) in [7, 11) is -4.02. The van der Waals surface area contributed by atoms with Gasteiger partial charge in [0.25, 0.3) is 0 Å². The normalized spacial score (nSPS) is 13.2. The first-order valence-corrected chi connectivity index (χ1v) is 7.63. The second kappa shape index (κ2) is 6.79. The van der Waals surface area contributed by atoms with Crippen LogP contribution in [0, 0.1) is 23.1 Å². The highest BCUT2D eigenvalue weighted by atomic mass is 32.2. The Balaban J connectivity index is 3.18. The van der Waals surface area contributed by atoms with Crippen LogP contribution < -0.4 is 4.72 Å². The Morgan fingerprint density at radius 3 is 2.60 bits per heavy atom. The Bertz CT molecular complexity index is 609. The van der Waals surface area contributed by atoms with Crippen molar-refractivity contribution in [1.29, 1.82) is 5.26 Å². The summed E-state index contributed by atoms with van der Waals surface area (Å²) in [6, 6.07) is 4.53. The third kappa shape index (κ3) is 3.76. The van der Waals surface area contributed by atoms with E-state index in [0.717, 1.165) is 6.07 Å². The summed E-state index contributed by atoms with van der Waals surface area (Å²) < 4.78 is 40.4. The van der Waals surface area contributed by atoms with Crippen molar-refractivity contribution >= 4 is 10.0 Å². The Labute approximate surface area is 118 Å². The summed E-state index contributed by atoms with van der Waals surface area (Å²) in [5.41, 5.74) is -0.508. The van der Waals surface area contributed by atoms with Gasteiger partial charge in [-0.25, -0.2) is 17.5 Å². The molecular weight excluding hydrogens is 283 g/mol. The average Bonchev–Trinajstić information content (AvgIpc) is 2.37. The standard InChI is InChI=1S/C13H17FN2O3S/c1-9(2)12(6-7-17)16-20(18,19)13-5-3-4-11(14)10(13)8-15/h3-5,9,12,16-17H,6-7H2,1-2H3. The zero-order valence-electron chi connectivity index (χ0n) is 11.3. The van der Waals surface area contributed by atoms with Gasteiger partial charge in [0.15, 0.2) is 0 Å². The van der Waals surface area contributed by atoms with E-state index in [0.29, 0.717) is 0 Å². The van der Waals surface area contributed by atoms with Crippen LogP contribution in [0.15, 0.2) is 23.1 Å². The number of nitrogens with zero attached hydrogens (tertiary/aromatic N) is 1. The fraction of sp³-hybridized carbons (Fsp3) is 0.462. The van der Waals surface area contributed by atoms with Crippen LogP contribution in [-0.2, 0) is 10.0 Å². The molecule has 1 unspecified atom stereocenters. The van der Waals surface area contributed by atoms with E-state index in [1.807, 2.05) is 0 Å². The number of sulfonamides is 1. The molecule has 1 rings (SSSR count). The largest absolute Gasteiger partial charge is 0.396 e. The SMILES string of the molecule is CC(C)C(CCO)NS(=O)(=O)c1cccc(F)c1C#N. The van der Waals surface area contributed by atoms with Crippen LogP contribution in [0.3, 0.4) is 0 Å². The molecule has 1 aromatic rings. The van der Waals surface area contributed by atoms with Gasteiger partial charge in [-0.1, -0.05) is 19.9 Å². The third-order valence-electron chi connectivity index (χ3n) is 2.93. The molecule has 2 N–H and O–H groups in total. The first-order chi connectivity index (χ1) is 9.33. The van der Waals surface area contributed by atoms with Gasteiger partial charge in [-0.3, -0.25) is 0 Å². The monoisotopic (exact) mass is 300 g/mol. The van der Waals surface area contributed by atoms with Gasteiger partial charge in [0.05, 0.1) is 0 Å². The molecule has 0 aliphatic carbocycles. The summed E-state index contributed by atoms with van der Waals surface area (Å²) in [4.78, 5) is -0.386. The van der Waals surface area contributed by atoms with E-state index in [9.17, 15) is 12.8 Å². The van der Waals surface area contributed by atoms with E-state index >= 15 is 0 Å². The van der Waals surface area contributed by atoms with Crippen molar-refractivity contribution in [2.75, 3.05) is 6.61 Å². The minimum atomic E-state index is -4.02. The summed E-state index contributed by atoms with van der Waals surface area (Å²) in [5.74, 6) is -0.922. The molecule has 0 aliphatic rings. The Hall–Kier alpha value is -1.49. The Morgan fingerprint density at radius 2 is 2.10 bits per heavy atom. The van der Waals surface area contributed by atoms with Crippen molar-refractivity contribution < 1.29 is 17.9 Å². The fourth-order valence-corrected chi connectivity index (χ4v) is 3.35. The molecule has 0 bridgehead atoms. The molecule has 0 saturated carbocycles. The Morgan fingerprint density at radius 1 is 1.45 bits per heavy atom. The smallest absolute Gasteiger partial charge is 0.242 e. The quantitative estimate of drug-likeness (QED) is 0.830. The maximum Gasteiger partial charge on any atom is 0.242 e. The number of benzene rings is 1. The first kappa shape index (κ1) is 16.6. The summed E-state index contributed by atoms with van der Waals surface area (Å²) >= 11 is 0. The number of hydrogen-bond donors (Lipinski definition) is 2. The molecule has 0 saturated heterocycles. The average molecular weight is 300 g/mol. The van der Waals surface area contributed by atoms with Crippen molar-refractivity contribution in [2.45, 2.75) is 31.2 Å². The van der Waals surface area contributed by atoms with Crippen LogP contribution in [0.1, 0.15) is 25.8 Å². The van der Waals surface area contributed by atoms with Crippen LogP contribution >= 0.6 is 0 Å². The van der Waals surface area contributed by atoms with Crippen LogP contribution in [0.25, 0.3) is 0 Å². The third-order valence-corrected chi connectivity index (χ3v) is 4.46. The number of halogens is 1. The van der Waals surface area contributed by atoms with Gasteiger partial charge in [0.1, 0.15) is 22.3 Å². The van der Waals surface area contributed by atoms with E-state index in [2.05, 4.69) is 4.72 Å². The van der Waals surface area contributed by atoms with Crippen LogP contribution in [0.2, 0.25) is 0 Å². The molecule has 0 amide bonds. The predicted molar refractivity (Wildman–Crippen MR) is 71.8 cm³/mol. The molecule has 110 valence electrons. The van der Waals surface area contributed by atoms with Gasteiger partial charge in [0, 0.05) is 12.6 Å². The highest BCUT2D eigenvalue weighted by molar-refractivity contribution is 7.89. The molecule has 0 radical (unpaired) electrons. The highest BCUT2D eigenvalue weighted by Crippen LogP contribution is 2.19. The number of nitrogens with one attached hydrogen (secondary N) is 1. The van der Waals surface area contributed by atoms with Crippen LogP contribution in [0.5, 0.6) is 0 Å². The van der Waals surface area contributed by atoms with Crippen molar-refractivity contribution in [1.82, 2.24) is 4.72 Å². The minimum Gasteiger partial charge on any atom is -0.396 e. The van der Waals surface area contributed by atoms with Gasteiger partial charge < -0.3 is 5.11 Å². The lowest BCUT2D eigenvalue weighted by molar-refractivity contribution is 0.256. The molecule has 0 aliphatic heterocycles. The second-order valence-corrected chi connectivity index (χ2v) is 6.39. The van der Waals surface area contributed by atoms with Gasteiger partial charge in [0.2, 0.25) is 10.0 Å². The molecule has 20 heavy (non-hydrogen) atoms. The van der Waals surface area contributed by atoms with E-state index in [1.165, 1.54) is 12.1 Å². The maximum atomic E-state index is 13.5. The van der Waals surface area contributed by atoms with Crippen molar-refractivity contribution in [3.63, 3.8) is 0 Å². The fourth-order valence-electron chi connectivity index (χ4n) is 1.77. The summed E-state index contributed by atoms with van der Waals surface area (Å²) in [6.45, 7) is 3.44. The number of nitriles is 1.